The third-order valence-electron chi connectivity index (χ3n) is 5.61. The summed E-state index contributed by atoms with van der Waals surface area (Å²) in [6.07, 6.45) is 16.6. The van der Waals surface area contributed by atoms with E-state index in [1.54, 1.807) is 21.1 Å². The standard InChI is InChI=1S/C26H20BFN4O2.FH/c1-2-15-30-26(33)18-34-23-12-6-19(7-13-23)5-8-20-9-10-21-17-22-11-14-25(24-4-3-16-29-24)32(22)27(28)31(20)21;/h1,3-14,16-17H,15,18H2,(H,30,33);1H/b8-5+;. The summed E-state index contributed by atoms with van der Waals surface area (Å²) < 4.78 is 24.6. The molecule has 6 nitrogen and oxygen atoms in total. The van der Waals surface area contributed by atoms with Gasteiger partial charge in [0.1, 0.15) is 11.4 Å². The zero-order valence-electron chi connectivity index (χ0n) is 18.6. The van der Waals surface area contributed by atoms with Gasteiger partial charge in [0.25, 0.3) is 5.91 Å². The van der Waals surface area contributed by atoms with Crippen LogP contribution in [-0.4, -0.2) is 46.0 Å². The summed E-state index contributed by atoms with van der Waals surface area (Å²) in [5.41, 5.74) is 4.96. The van der Waals surface area contributed by atoms with Gasteiger partial charge in [-0.25, -0.2) is 8.80 Å². The largest absolute Gasteiger partial charge is 1.00 e. The quantitative estimate of drug-likeness (QED) is 0.387. The summed E-state index contributed by atoms with van der Waals surface area (Å²) in [5, 5.41) is 2.54. The van der Waals surface area contributed by atoms with E-state index in [-0.39, 0.29) is 23.8 Å². The van der Waals surface area contributed by atoms with Crippen molar-refractivity contribution >= 4 is 37.1 Å². The fourth-order valence-electron chi connectivity index (χ4n) is 3.98. The maximum atomic E-state index is 15.8. The molecular weight excluding hydrogens is 449 g/mol. The van der Waals surface area contributed by atoms with Crippen LogP contribution in [0.15, 0.2) is 72.6 Å². The van der Waals surface area contributed by atoms with Crippen molar-refractivity contribution in [1.29, 1.82) is 0 Å². The minimum absolute atomic E-state index is 0. The number of carbonyl (C=O) groups excluding carboxylic acids is 1. The number of aromatic nitrogens is 2. The number of halogens is 2. The number of carbonyl (C=O) groups is 1. The molecule has 3 aromatic rings. The molecule has 0 unspecified atom stereocenters. The average molecular weight is 470 g/mol. The Kier molecular flexibility index (Phi) is 6.83. The van der Waals surface area contributed by atoms with Crippen LogP contribution in [0.5, 0.6) is 5.75 Å². The van der Waals surface area contributed by atoms with Gasteiger partial charge in [0.15, 0.2) is 12.3 Å². The third-order valence-corrected chi connectivity index (χ3v) is 5.61. The molecular formula is C26H21BF2N4O2. The van der Waals surface area contributed by atoms with E-state index in [9.17, 15) is 4.79 Å². The lowest BCUT2D eigenvalue weighted by molar-refractivity contribution is -0.333. The number of nitrogens with one attached hydrogen (secondary N) is 2. The van der Waals surface area contributed by atoms with E-state index < -0.39 is 7.26 Å². The number of amides is 1. The molecule has 0 spiro atoms. The van der Waals surface area contributed by atoms with Crippen LogP contribution in [0.1, 0.15) is 22.6 Å². The SMILES string of the molecule is C#CCNC(=O)COc1ccc(/C=C/c2ccc3n2B(F)[N+]2=C(c4ccc[nH]4)C=CC2=C3)cc1.[F-]. The van der Waals surface area contributed by atoms with Gasteiger partial charge < -0.3 is 19.7 Å². The normalized spacial score (nSPS) is 13.7. The molecule has 0 saturated carbocycles. The Morgan fingerprint density at radius 1 is 1.20 bits per heavy atom. The first-order valence-electron chi connectivity index (χ1n) is 10.8. The van der Waals surface area contributed by atoms with Crippen LogP contribution in [0.2, 0.25) is 0 Å². The zero-order chi connectivity index (χ0) is 23.5. The summed E-state index contributed by atoms with van der Waals surface area (Å²) in [5.74, 6) is 2.64. The molecule has 2 aliphatic heterocycles. The lowest BCUT2D eigenvalue weighted by atomic mass is 9.96. The number of terminal acetylenes is 1. The Labute approximate surface area is 201 Å². The highest BCUT2D eigenvalue weighted by atomic mass is 19.1. The Hall–Kier alpha value is -4.58. The van der Waals surface area contributed by atoms with Crippen LogP contribution >= 0.6 is 0 Å². The van der Waals surface area contributed by atoms with E-state index in [4.69, 9.17) is 11.2 Å². The van der Waals surface area contributed by atoms with E-state index >= 15 is 4.32 Å². The van der Waals surface area contributed by atoms with Crippen LogP contribution in [0.4, 0.5) is 4.32 Å². The molecule has 0 bridgehead atoms. The predicted octanol–water partition coefficient (Wildman–Crippen LogP) is 0.347. The molecule has 0 fully saturated rings. The van der Waals surface area contributed by atoms with Crippen molar-refractivity contribution in [2.24, 2.45) is 0 Å². The lowest BCUT2D eigenvalue weighted by Crippen LogP contribution is -3.00. The van der Waals surface area contributed by atoms with Gasteiger partial charge in [-0.3, -0.25) is 9.27 Å². The van der Waals surface area contributed by atoms with Crippen molar-refractivity contribution in [1.82, 2.24) is 14.8 Å². The number of benzene rings is 1. The second-order valence-corrected chi connectivity index (χ2v) is 7.78. The fourth-order valence-corrected chi connectivity index (χ4v) is 3.98. The van der Waals surface area contributed by atoms with Gasteiger partial charge in [0.05, 0.1) is 6.54 Å². The molecule has 2 N–H and O–H groups in total. The van der Waals surface area contributed by atoms with Gasteiger partial charge in [-0.2, -0.15) is 0 Å². The lowest BCUT2D eigenvalue weighted by Gasteiger charge is -2.14. The molecule has 9 heteroatoms. The van der Waals surface area contributed by atoms with E-state index in [2.05, 4.69) is 16.2 Å². The van der Waals surface area contributed by atoms with Gasteiger partial charge in [-0.05, 0) is 48.0 Å². The van der Waals surface area contributed by atoms with Crippen LogP contribution in [-0.2, 0) is 4.79 Å². The van der Waals surface area contributed by atoms with Crippen LogP contribution < -0.4 is 14.8 Å². The summed E-state index contributed by atoms with van der Waals surface area (Å²) in [6.45, 7) is 0.0686. The molecule has 1 amide bonds. The van der Waals surface area contributed by atoms with Crippen molar-refractivity contribution in [3.63, 3.8) is 0 Å². The van der Waals surface area contributed by atoms with Crippen molar-refractivity contribution < 1.29 is 23.0 Å². The molecule has 0 atom stereocenters. The van der Waals surface area contributed by atoms with Crippen LogP contribution in [0, 0.1) is 12.3 Å². The number of H-pyrrole nitrogens is 1. The summed E-state index contributed by atoms with van der Waals surface area (Å²) >= 11 is 0. The second kappa shape index (κ2) is 10.1. The van der Waals surface area contributed by atoms with Crippen LogP contribution in [0.25, 0.3) is 18.2 Å². The number of fused-ring (bicyclic) bond motifs is 2. The highest BCUT2D eigenvalue weighted by molar-refractivity contribution is 6.44. The monoisotopic (exact) mass is 470 g/mol. The Balaban J connectivity index is 0.00000289. The van der Waals surface area contributed by atoms with Gasteiger partial charge in [0.2, 0.25) is 5.71 Å². The van der Waals surface area contributed by atoms with Crippen molar-refractivity contribution in [2.75, 3.05) is 13.2 Å². The average Bonchev–Trinajstić information content (AvgIpc) is 3.60. The van der Waals surface area contributed by atoms with Gasteiger partial charge in [-0.15, -0.1) is 6.42 Å². The fraction of sp³-hybridized carbons (Fsp3) is 0.0769. The number of hydrogen-bond acceptors (Lipinski definition) is 2. The van der Waals surface area contributed by atoms with Gasteiger partial charge in [0, 0.05) is 35.8 Å². The van der Waals surface area contributed by atoms with Crippen molar-refractivity contribution in [2.45, 2.75) is 0 Å². The smallest absolute Gasteiger partial charge is 0.846 e. The Morgan fingerprint density at radius 2 is 2.03 bits per heavy atom. The van der Waals surface area contributed by atoms with Crippen molar-refractivity contribution in [3.8, 4) is 18.1 Å². The first kappa shape index (κ1) is 23.6. The van der Waals surface area contributed by atoms with Crippen molar-refractivity contribution in [3.05, 3.63) is 95.2 Å². The minimum atomic E-state index is -1.37. The molecule has 5 rings (SSSR count). The number of rotatable bonds is 7. The van der Waals surface area contributed by atoms with Gasteiger partial charge in [-0.1, -0.05) is 24.1 Å². The molecule has 2 aromatic heterocycles. The number of nitrogens with zero attached hydrogens (tertiary/aromatic N) is 2. The Morgan fingerprint density at radius 3 is 2.77 bits per heavy atom. The zero-order valence-corrected chi connectivity index (χ0v) is 18.6. The molecule has 35 heavy (non-hydrogen) atoms. The summed E-state index contributed by atoms with van der Waals surface area (Å²) in [4.78, 5) is 14.7. The highest BCUT2D eigenvalue weighted by Gasteiger charge is 2.47. The minimum Gasteiger partial charge on any atom is -1.00 e. The maximum Gasteiger partial charge on any atom is 0.846 e. The summed E-state index contributed by atoms with van der Waals surface area (Å²) in [7, 11) is -1.37. The molecule has 174 valence electrons. The van der Waals surface area contributed by atoms with E-state index in [1.807, 2.05) is 73.0 Å². The Bertz CT molecular complexity index is 1390. The van der Waals surface area contributed by atoms with E-state index in [1.165, 1.54) is 0 Å². The number of allylic oxidation sites excluding steroid dienone is 2. The molecule has 4 heterocycles. The number of aromatic amines is 1. The van der Waals surface area contributed by atoms with Crippen LogP contribution in [0.3, 0.4) is 0 Å². The highest BCUT2D eigenvalue weighted by Crippen LogP contribution is 2.27. The van der Waals surface area contributed by atoms with Gasteiger partial charge >= 0.3 is 7.26 Å². The molecule has 1 aromatic carbocycles. The van der Waals surface area contributed by atoms with E-state index in [0.717, 1.165) is 34.1 Å². The molecule has 2 aliphatic rings. The predicted molar refractivity (Wildman–Crippen MR) is 132 cm³/mol. The first-order valence-corrected chi connectivity index (χ1v) is 10.8. The first-order chi connectivity index (χ1) is 16.6. The molecule has 0 radical (unpaired) electrons. The topological polar surface area (TPSA) is 62.1 Å². The number of hydrogen-bond donors (Lipinski definition) is 2. The third kappa shape index (κ3) is 4.73. The maximum absolute atomic E-state index is 15.8. The second-order valence-electron chi connectivity index (χ2n) is 7.78. The van der Waals surface area contributed by atoms with E-state index in [0.29, 0.717) is 5.75 Å². The molecule has 0 aliphatic carbocycles. The number of ether oxygens (including phenoxy) is 1. The summed E-state index contributed by atoms with van der Waals surface area (Å²) in [6, 6.07) is 15.0. The molecule has 0 saturated heterocycles.